The minimum Gasteiger partial charge on any atom is -0.205 e. The van der Waals surface area contributed by atoms with E-state index in [9.17, 15) is 4.39 Å². The van der Waals surface area contributed by atoms with Crippen LogP contribution in [-0.2, 0) is 0 Å². The molecule has 0 saturated heterocycles. The molecule has 0 N–H and O–H groups in total. The molecule has 0 radical (unpaired) electrons. The first-order chi connectivity index (χ1) is 8.13. The fraction of sp³-hybridized carbons (Fsp3) is 0.0714. The van der Waals surface area contributed by atoms with Gasteiger partial charge in [0.1, 0.15) is 5.82 Å². The number of nitrogens with zero attached hydrogens (tertiary/aromatic N) is 1. The minimum atomic E-state index is -0.456. The molecule has 0 unspecified atom stereocenters. The third-order valence-electron chi connectivity index (χ3n) is 2.60. The number of aryl methyl sites for hydroxylation is 1. The summed E-state index contributed by atoms with van der Waals surface area (Å²) in [6, 6.07) is 12.1. The van der Waals surface area contributed by atoms with Gasteiger partial charge in [0.15, 0.2) is 0 Å². The Morgan fingerprint density at radius 3 is 2.65 bits per heavy atom. The van der Waals surface area contributed by atoms with Crippen LogP contribution in [0, 0.1) is 24.1 Å². The van der Waals surface area contributed by atoms with Gasteiger partial charge in [0.05, 0.1) is 16.7 Å². The van der Waals surface area contributed by atoms with Crippen molar-refractivity contribution in [1.29, 1.82) is 5.26 Å². The number of benzene rings is 2. The molecule has 1 nitrogen and oxygen atoms in total. The molecule has 0 fully saturated rings. The molecule has 0 saturated carbocycles. The smallest absolute Gasteiger partial charge is 0.141 e. The van der Waals surface area contributed by atoms with Gasteiger partial charge >= 0.3 is 0 Å². The maximum Gasteiger partial charge on any atom is 0.141 e. The summed E-state index contributed by atoms with van der Waals surface area (Å²) in [4.78, 5) is 0. The monoisotopic (exact) mass is 245 g/mol. The molecule has 0 atom stereocenters. The molecule has 0 aliphatic rings. The predicted octanol–water partition coefficient (Wildman–Crippen LogP) is 4.33. The summed E-state index contributed by atoms with van der Waals surface area (Å²) in [7, 11) is 0. The molecule has 0 aromatic heterocycles. The van der Waals surface area contributed by atoms with Crippen LogP contribution in [0.1, 0.15) is 11.1 Å². The summed E-state index contributed by atoms with van der Waals surface area (Å²) < 4.78 is 13.1. The van der Waals surface area contributed by atoms with Crippen LogP contribution in [0.25, 0.3) is 11.1 Å². The van der Waals surface area contributed by atoms with Crippen LogP contribution >= 0.6 is 11.6 Å². The molecule has 0 heterocycles. The average Bonchev–Trinajstić information content (AvgIpc) is 2.32. The maximum absolute atomic E-state index is 13.1. The first kappa shape index (κ1) is 11.6. The van der Waals surface area contributed by atoms with E-state index < -0.39 is 5.82 Å². The molecule has 2 rings (SSSR count). The third kappa shape index (κ3) is 2.15. The summed E-state index contributed by atoms with van der Waals surface area (Å²) in [6.07, 6.45) is 0. The van der Waals surface area contributed by atoms with Gasteiger partial charge in [-0.15, -0.1) is 0 Å². The van der Waals surface area contributed by atoms with E-state index in [1.807, 2.05) is 19.1 Å². The van der Waals surface area contributed by atoms with Gasteiger partial charge in [-0.2, -0.15) is 5.26 Å². The van der Waals surface area contributed by atoms with Crippen LogP contribution in [0.2, 0.25) is 5.02 Å². The molecule has 0 aliphatic heterocycles. The van der Waals surface area contributed by atoms with Crippen molar-refractivity contribution in [3.63, 3.8) is 0 Å². The Morgan fingerprint density at radius 1 is 1.24 bits per heavy atom. The van der Waals surface area contributed by atoms with Crippen LogP contribution in [0.4, 0.5) is 4.39 Å². The standard InChI is InChI=1S/C14H9ClFN/c1-9-3-2-4-11(8-17)14(9)10-5-6-13(16)12(15)7-10/h2-7H,1H3. The van der Waals surface area contributed by atoms with Crippen molar-refractivity contribution >= 4 is 11.6 Å². The van der Waals surface area contributed by atoms with E-state index in [0.717, 1.165) is 16.7 Å². The fourth-order valence-electron chi connectivity index (χ4n) is 1.80. The lowest BCUT2D eigenvalue weighted by Crippen LogP contribution is -1.89. The van der Waals surface area contributed by atoms with Crippen molar-refractivity contribution in [2.45, 2.75) is 6.92 Å². The van der Waals surface area contributed by atoms with Gasteiger partial charge in [-0.25, -0.2) is 4.39 Å². The minimum absolute atomic E-state index is 0.0645. The van der Waals surface area contributed by atoms with E-state index in [4.69, 9.17) is 16.9 Å². The van der Waals surface area contributed by atoms with Crippen LogP contribution < -0.4 is 0 Å². The quantitative estimate of drug-likeness (QED) is 0.734. The number of hydrogen-bond donors (Lipinski definition) is 0. The van der Waals surface area contributed by atoms with E-state index in [-0.39, 0.29) is 5.02 Å². The van der Waals surface area contributed by atoms with Crippen molar-refractivity contribution in [2.75, 3.05) is 0 Å². The molecule has 0 bridgehead atoms. The van der Waals surface area contributed by atoms with Gasteiger partial charge in [-0.1, -0.05) is 29.8 Å². The number of halogens is 2. The van der Waals surface area contributed by atoms with E-state index in [2.05, 4.69) is 6.07 Å². The highest BCUT2D eigenvalue weighted by Crippen LogP contribution is 2.30. The Kier molecular flexibility index (Phi) is 3.12. The second-order valence-corrected chi connectivity index (χ2v) is 4.15. The Morgan fingerprint density at radius 2 is 2.00 bits per heavy atom. The van der Waals surface area contributed by atoms with Crippen molar-refractivity contribution in [2.24, 2.45) is 0 Å². The Bertz CT molecular complexity index is 614. The van der Waals surface area contributed by atoms with Crippen molar-refractivity contribution in [3.8, 4) is 17.2 Å². The lowest BCUT2D eigenvalue weighted by Gasteiger charge is -2.08. The molecule has 0 aliphatic carbocycles. The maximum atomic E-state index is 13.1. The third-order valence-corrected chi connectivity index (χ3v) is 2.89. The van der Waals surface area contributed by atoms with E-state index in [0.29, 0.717) is 5.56 Å². The molecule has 3 heteroatoms. The van der Waals surface area contributed by atoms with Gasteiger partial charge < -0.3 is 0 Å². The fourth-order valence-corrected chi connectivity index (χ4v) is 1.98. The molecular weight excluding hydrogens is 237 g/mol. The second kappa shape index (κ2) is 4.57. The van der Waals surface area contributed by atoms with Crippen LogP contribution in [0.3, 0.4) is 0 Å². The second-order valence-electron chi connectivity index (χ2n) is 3.74. The summed E-state index contributed by atoms with van der Waals surface area (Å²) in [5.41, 5.74) is 3.09. The van der Waals surface area contributed by atoms with Gasteiger partial charge in [0, 0.05) is 5.56 Å². The van der Waals surface area contributed by atoms with Gasteiger partial charge in [0.25, 0.3) is 0 Å². The Balaban J connectivity index is 2.68. The lowest BCUT2D eigenvalue weighted by molar-refractivity contribution is 0.628. The summed E-state index contributed by atoms with van der Waals surface area (Å²) >= 11 is 5.75. The highest BCUT2D eigenvalue weighted by atomic mass is 35.5. The Labute approximate surface area is 104 Å². The molecule has 2 aromatic carbocycles. The zero-order chi connectivity index (χ0) is 12.4. The molecule has 0 spiro atoms. The van der Waals surface area contributed by atoms with E-state index in [1.54, 1.807) is 18.2 Å². The summed E-state index contributed by atoms with van der Waals surface area (Å²) in [5, 5.41) is 9.14. The summed E-state index contributed by atoms with van der Waals surface area (Å²) in [5.74, 6) is -0.456. The zero-order valence-electron chi connectivity index (χ0n) is 9.17. The first-order valence-electron chi connectivity index (χ1n) is 5.08. The van der Waals surface area contributed by atoms with Crippen molar-refractivity contribution < 1.29 is 4.39 Å². The lowest BCUT2D eigenvalue weighted by atomic mass is 9.96. The highest BCUT2D eigenvalue weighted by molar-refractivity contribution is 6.31. The van der Waals surface area contributed by atoms with Crippen molar-refractivity contribution in [1.82, 2.24) is 0 Å². The van der Waals surface area contributed by atoms with Crippen LogP contribution in [0.5, 0.6) is 0 Å². The SMILES string of the molecule is Cc1cccc(C#N)c1-c1ccc(F)c(Cl)c1. The van der Waals surface area contributed by atoms with Gasteiger partial charge in [-0.05, 0) is 36.2 Å². The number of nitriles is 1. The first-order valence-corrected chi connectivity index (χ1v) is 5.46. The topological polar surface area (TPSA) is 23.8 Å². The van der Waals surface area contributed by atoms with E-state index in [1.165, 1.54) is 6.07 Å². The van der Waals surface area contributed by atoms with Gasteiger partial charge in [-0.3, -0.25) is 0 Å². The van der Waals surface area contributed by atoms with Crippen LogP contribution in [0.15, 0.2) is 36.4 Å². The summed E-state index contributed by atoms with van der Waals surface area (Å²) in [6.45, 7) is 1.91. The molecular formula is C14H9ClFN. The largest absolute Gasteiger partial charge is 0.205 e. The predicted molar refractivity (Wildman–Crippen MR) is 66.3 cm³/mol. The number of hydrogen-bond acceptors (Lipinski definition) is 1. The van der Waals surface area contributed by atoms with E-state index >= 15 is 0 Å². The van der Waals surface area contributed by atoms with Crippen molar-refractivity contribution in [3.05, 3.63) is 58.4 Å². The molecule has 0 amide bonds. The van der Waals surface area contributed by atoms with Gasteiger partial charge in [0.2, 0.25) is 0 Å². The zero-order valence-corrected chi connectivity index (χ0v) is 9.92. The molecule has 2 aromatic rings. The number of rotatable bonds is 1. The normalized spacial score (nSPS) is 10.0. The van der Waals surface area contributed by atoms with Crippen LogP contribution in [-0.4, -0.2) is 0 Å². The molecule has 84 valence electrons. The average molecular weight is 246 g/mol. The Hall–Kier alpha value is -1.85. The molecule has 17 heavy (non-hydrogen) atoms. The highest BCUT2D eigenvalue weighted by Gasteiger charge is 2.09.